The largest absolute Gasteiger partial charge is 0.493 e. The zero-order valence-electron chi connectivity index (χ0n) is 16.4. The molecule has 3 heterocycles. The molecule has 0 unspecified atom stereocenters. The Morgan fingerprint density at radius 3 is 2.83 bits per heavy atom. The lowest BCUT2D eigenvalue weighted by molar-refractivity contribution is 0.342. The summed E-state index contributed by atoms with van der Waals surface area (Å²) in [4.78, 5) is 9.67. The third-order valence-electron chi connectivity index (χ3n) is 4.68. The van der Waals surface area contributed by atoms with Crippen molar-refractivity contribution >= 4 is 51.3 Å². The van der Waals surface area contributed by atoms with Crippen LogP contribution in [0.2, 0.25) is 10.0 Å². The van der Waals surface area contributed by atoms with Gasteiger partial charge in [0.25, 0.3) is 0 Å². The highest BCUT2D eigenvalue weighted by atomic mass is 35.5. The van der Waals surface area contributed by atoms with Crippen molar-refractivity contribution in [2.45, 2.75) is 20.4 Å². The van der Waals surface area contributed by atoms with Gasteiger partial charge in [-0.3, -0.25) is 0 Å². The molecule has 0 bridgehead atoms. The zero-order chi connectivity index (χ0) is 21.3. The first-order valence-electron chi connectivity index (χ1n) is 9.39. The summed E-state index contributed by atoms with van der Waals surface area (Å²) in [5, 5.41) is 6.32. The summed E-state index contributed by atoms with van der Waals surface area (Å²) in [7, 11) is 0. The highest BCUT2D eigenvalue weighted by Gasteiger charge is 2.16. The number of fused-ring (bicyclic) bond motifs is 1. The second-order valence-electron chi connectivity index (χ2n) is 6.65. The summed E-state index contributed by atoms with van der Waals surface area (Å²) >= 11 is 14.0. The van der Waals surface area contributed by atoms with Gasteiger partial charge < -0.3 is 14.6 Å². The number of thiophene rings is 1. The number of aromatic nitrogens is 3. The highest BCUT2D eigenvalue weighted by molar-refractivity contribution is 7.13. The first kappa shape index (κ1) is 20.9. The normalized spacial score (nSPS) is 11.2. The summed E-state index contributed by atoms with van der Waals surface area (Å²) in [6.07, 6.45) is 1.54. The molecule has 1 aromatic carbocycles. The van der Waals surface area contributed by atoms with Gasteiger partial charge in [0.15, 0.2) is 0 Å². The molecule has 0 saturated carbocycles. The first-order chi connectivity index (χ1) is 14.5. The molecule has 0 aliphatic carbocycles. The number of aryl methyl sites for hydroxylation is 1. The van der Waals surface area contributed by atoms with Crippen molar-refractivity contribution in [1.29, 1.82) is 0 Å². The van der Waals surface area contributed by atoms with E-state index in [0.29, 0.717) is 30.1 Å². The minimum atomic E-state index is -0.515. The van der Waals surface area contributed by atoms with Gasteiger partial charge in [0.2, 0.25) is 0 Å². The van der Waals surface area contributed by atoms with Crippen molar-refractivity contribution in [2.75, 3.05) is 18.5 Å². The van der Waals surface area contributed by atoms with Gasteiger partial charge in [-0.2, -0.15) is 0 Å². The molecule has 4 rings (SSSR count). The maximum absolute atomic E-state index is 13.9. The lowest BCUT2D eigenvalue weighted by Crippen LogP contribution is -2.12. The molecule has 30 heavy (non-hydrogen) atoms. The number of nitrogens with one attached hydrogen (secondary N) is 1. The fraction of sp³-hybridized carbons (Fsp3) is 0.238. The molecule has 0 fully saturated rings. The van der Waals surface area contributed by atoms with Crippen LogP contribution in [0.4, 0.5) is 10.2 Å². The number of hydrogen-bond donors (Lipinski definition) is 1. The monoisotopic (exact) mass is 464 g/mol. The van der Waals surface area contributed by atoms with E-state index >= 15 is 0 Å². The van der Waals surface area contributed by atoms with E-state index < -0.39 is 5.82 Å². The summed E-state index contributed by atoms with van der Waals surface area (Å²) in [5.74, 6) is 1.04. The Morgan fingerprint density at radius 1 is 1.20 bits per heavy atom. The number of halogens is 3. The number of benzene rings is 1. The van der Waals surface area contributed by atoms with Crippen molar-refractivity contribution in [1.82, 2.24) is 14.5 Å². The van der Waals surface area contributed by atoms with Gasteiger partial charge in [0.1, 0.15) is 23.7 Å². The minimum Gasteiger partial charge on any atom is -0.493 e. The van der Waals surface area contributed by atoms with Gasteiger partial charge in [0.05, 0.1) is 32.7 Å². The first-order valence-corrected chi connectivity index (χ1v) is 11.0. The molecule has 0 saturated heterocycles. The Morgan fingerprint density at radius 2 is 2.03 bits per heavy atom. The molecular weight excluding hydrogens is 446 g/mol. The van der Waals surface area contributed by atoms with Crippen LogP contribution >= 0.6 is 34.5 Å². The lowest BCUT2D eigenvalue weighted by Gasteiger charge is -2.11. The number of rotatable bonds is 7. The molecule has 156 valence electrons. The average molecular weight is 465 g/mol. The standard InChI is InChI=1S/C21H19Cl2FN4OS/c1-3-29-13-7-18(30-10-13)17-9-19(27-11-26-17)25-4-5-28-12(2)6-14-20(23)16(24)8-15(22)21(14)28/h6-11H,3-5H2,1-2H3,(H,25,26,27). The number of hydrogen-bond acceptors (Lipinski definition) is 5. The summed E-state index contributed by atoms with van der Waals surface area (Å²) < 4.78 is 21.4. The van der Waals surface area contributed by atoms with E-state index in [1.54, 1.807) is 11.3 Å². The Labute approximate surface area is 187 Å². The van der Waals surface area contributed by atoms with Crippen molar-refractivity contribution in [3.8, 4) is 16.3 Å². The van der Waals surface area contributed by atoms with Crippen LogP contribution in [0.25, 0.3) is 21.5 Å². The molecule has 0 amide bonds. The highest BCUT2D eigenvalue weighted by Crippen LogP contribution is 2.35. The molecule has 0 spiro atoms. The van der Waals surface area contributed by atoms with E-state index in [0.717, 1.165) is 33.3 Å². The maximum atomic E-state index is 13.9. The second kappa shape index (κ2) is 8.79. The molecule has 3 aromatic heterocycles. The van der Waals surface area contributed by atoms with Crippen LogP contribution in [-0.4, -0.2) is 27.7 Å². The van der Waals surface area contributed by atoms with Gasteiger partial charge in [-0.05, 0) is 26.0 Å². The van der Waals surface area contributed by atoms with Gasteiger partial charge in [-0.15, -0.1) is 11.3 Å². The molecule has 0 aliphatic rings. The van der Waals surface area contributed by atoms with Crippen molar-refractivity contribution in [3.05, 3.63) is 57.5 Å². The predicted octanol–water partition coefficient (Wildman–Crippen LogP) is 6.42. The van der Waals surface area contributed by atoms with E-state index in [9.17, 15) is 4.39 Å². The van der Waals surface area contributed by atoms with Crippen LogP contribution in [0.5, 0.6) is 5.75 Å². The van der Waals surface area contributed by atoms with Crippen molar-refractivity contribution < 1.29 is 9.13 Å². The fourth-order valence-corrected chi connectivity index (χ4v) is 4.64. The van der Waals surface area contributed by atoms with Crippen molar-refractivity contribution in [2.24, 2.45) is 0 Å². The Hall–Kier alpha value is -2.35. The maximum Gasteiger partial charge on any atom is 0.144 e. The van der Waals surface area contributed by atoms with Crippen LogP contribution in [0.1, 0.15) is 12.6 Å². The Bertz CT molecular complexity index is 1210. The Balaban J connectivity index is 1.50. The molecule has 0 radical (unpaired) electrons. The van der Waals surface area contributed by atoms with E-state index in [1.165, 1.54) is 12.4 Å². The molecule has 0 atom stereocenters. The summed E-state index contributed by atoms with van der Waals surface area (Å²) in [6.45, 7) is 5.74. The molecule has 4 aromatic rings. The van der Waals surface area contributed by atoms with Crippen LogP contribution in [0.15, 0.2) is 36.0 Å². The number of nitrogens with zero attached hydrogens (tertiary/aromatic N) is 3. The average Bonchev–Trinajstić information content (AvgIpc) is 3.32. The van der Waals surface area contributed by atoms with Crippen LogP contribution in [-0.2, 0) is 6.54 Å². The summed E-state index contributed by atoms with van der Waals surface area (Å²) in [6, 6.07) is 6.98. The van der Waals surface area contributed by atoms with E-state index in [-0.39, 0.29) is 5.02 Å². The zero-order valence-corrected chi connectivity index (χ0v) is 18.7. The van der Waals surface area contributed by atoms with E-state index in [1.807, 2.05) is 42.0 Å². The molecular formula is C21H19Cl2FN4OS. The second-order valence-corrected chi connectivity index (χ2v) is 8.35. The summed E-state index contributed by atoms with van der Waals surface area (Å²) in [5.41, 5.74) is 2.51. The van der Waals surface area contributed by atoms with E-state index in [2.05, 4.69) is 15.3 Å². The molecule has 1 N–H and O–H groups in total. The smallest absolute Gasteiger partial charge is 0.144 e. The number of anilines is 1. The molecule has 5 nitrogen and oxygen atoms in total. The number of ether oxygens (including phenoxy) is 1. The van der Waals surface area contributed by atoms with Crippen LogP contribution in [0.3, 0.4) is 0 Å². The Kier molecular flexibility index (Phi) is 6.13. The van der Waals surface area contributed by atoms with Crippen molar-refractivity contribution in [3.63, 3.8) is 0 Å². The fourth-order valence-electron chi connectivity index (χ4n) is 3.34. The third-order valence-corrected chi connectivity index (χ3v) is 6.28. The minimum absolute atomic E-state index is 0.0898. The van der Waals surface area contributed by atoms with Crippen LogP contribution in [0, 0.1) is 12.7 Å². The van der Waals surface area contributed by atoms with Gasteiger partial charge in [0, 0.05) is 41.7 Å². The topological polar surface area (TPSA) is 52.0 Å². The van der Waals surface area contributed by atoms with Gasteiger partial charge >= 0.3 is 0 Å². The van der Waals surface area contributed by atoms with Gasteiger partial charge in [-0.1, -0.05) is 23.2 Å². The lowest BCUT2D eigenvalue weighted by atomic mass is 10.2. The van der Waals surface area contributed by atoms with Crippen LogP contribution < -0.4 is 10.1 Å². The molecule has 9 heteroatoms. The SMILES string of the molecule is CCOc1csc(-c2cc(NCCn3c(C)cc4c(Cl)c(F)cc(Cl)c43)ncn2)c1. The quantitative estimate of drug-likeness (QED) is 0.320. The van der Waals surface area contributed by atoms with E-state index in [4.69, 9.17) is 27.9 Å². The van der Waals surface area contributed by atoms with Gasteiger partial charge in [-0.25, -0.2) is 14.4 Å². The predicted molar refractivity (Wildman–Crippen MR) is 122 cm³/mol. The third kappa shape index (κ3) is 4.10. The molecule has 0 aliphatic heterocycles.